The molecule has 0 unspecified atom stereocenters. The maximum absolute atomic E-state index is 11.8. The van der Waals surface area contributed by atoms with Crippen LogP contribution in [0.2, 0.25) is 0 Å². The summed E-state index contributed by atoms with van der Waals surface area (Å²) in [7, 11) is 0. The molecule has 2 aliphatic heterocycles. The Bertz CT molecular complexity index is 527. The molecule has 0 fully saturated rings. The van der Waals surface area contributed by atoms with Crippen molar-refractivity contribution in [3.8, 4) is 11.5 Å². The maximum atomic E-state index is 11.8. The summed E-state index contributed by atoms with van der Waals surface area (Å²) in [5.41, 5.74) is 1.25. The number of hydrogen-bond acceptors (Lipinski definition) is 3. The van der Waals surface area contributed by atoms with Gasteiger partial charge in [0.25, 0.3) is 0 Å². The lowest BCUT2D eigenvalue weighted by molar-refractivity contribution is 0.0932. The Labute approximate surface area is 100 Å². The summed E-state index contributed by atoms with van der Waals surface area (Å²) in [6, 6.07) is 3.65. The van der Waals surface area contributed by atoms with E-state index < -0.39 is 0 Å². The number of rotatable bonds is 0. The first-order valence-corrected chi connectivity index (χ1v) is 5.78. The van der Waals surface area contributed by atoms with Crippen molar-refractivity contribution in [2.45, 2.75) is 25.9 Å². The number of Topliss-reactive ketones (excluding diaryl/α,β-unsaturated/α-hetero) is 1. The van der Waals surface area contributed by atoms with E-state index >= 15 is 0 Å². The van der Waals surface area contributed by atoms with Gasteiger partial charge in [0.1, 0.15) is 17.1 Å². The van der Waals surface area contributed by atoms with Crippen LogP contribution in [-0.2, 0) is 0 Å². The second kappa shape index (κ2) is 3.36. The van der Waals surface area contributed by atoms with Gasteiger partial charge in [0.05, 0.1) is 17.7 Å². The van der Waals surface area contributed by atoms with Gasteiger partial charge in [-0.25, -0.2) is 0 Å². The number of hydrogen-bond donors (Lipinski definition) is 0. The predicted molar refractivity (Wildman–Crippen MR) is 64.6 cm³/mol. The molecular weight excluding hydrogens is 216 g/mol. The summed E-state index contributed by atoms with van der Waals surface area (Å²) in [6.45, 7) is 4.45. The molecular formula is C14H14O3. The van der Waals surface area contributed by atoms with Crippen LogP contribution in [0.3, 0.4) is 0 Å². The molecule has 0 aliphatic carbocycles. The van der Waals surface area contributed by atoms with E-state index in [0.29, 0.717) is 24.3 Å². The monoisotopic (exact) mass is 230 g/mol. The van der Waals surface area contributed by atoms with Crippen LogP contribution in [0.1, 0.15) is 36.2 Å². The summed E-state index contributed by atoms with van der Waals surface area (Å²) < 4.78 is 11.5. The Morgan fingerprint density at radius 1 is 1.29 bits per heavy atom. The number of benzene rings is 1. The fraction of sp³-hybridized carbons (Fsp3) is 0.357. The Balaban J connectivity index is 2.16. The van der Waals surface area contributed by atoms with Crippen molar-refractivity contribution in [1.29, 1.82) is 0 Å². The Morgan fingerprint density at radius 2 is 2.12 bits per heavy atom. The van der Waals surface area contributed by atoms with E-state index in [1.165, 1.54) is 0 Å². The Hall–Kier alpha value is -1.77. The van der Waals surface area contributed by atoms with Crippen molar-refractivity contribution >= 4 is 11.9 Å². The minimum absolute atomic E-state index is 0.146. The van der Waals surface area contributed by atoms with E-state index in [9.17, 15) is 4.79 Å². The first-order valence-electron chi connectivity index (χ1n) is 5.78. The van der Waals surface area contributed by atoms with Gasteiger partial charge in [0.15, 0.2) is 5.78 Å². The third kappa shape index (κ3) is 1.62. The highest BCUT2D eigenvalue weighted by molar-refractivity contribution is 6.01. The van der Waals surface area contributed by atoms with Crippen molar-refractivity contribution < 1.29 is 14.3 Å². The molecule has 0 radical (unpaired) electrons. The van der Waals surface area contributed by atoms with Gasteiger partial charge in [-0.2, -0.15) is 0 Å². The summed E-state index contributed by atoms with van der Waals surface area (Å²) in [6.07, 6.45) is 4.43. The predicted octanol–water partition coefficient (Wildman–Crippen LogP) is 2.84. The largest absolute Gasteiger partial charge is 0.492 e. The van der Waals surface area contributed by atoms with Gasteiger partial charge < -0.3 is 9.47 Å². The lowest BCUT2D eigenvalue weighted by Crippen LogP contribution is -2.28. The molecule has 0 spiro atoms. The molecule has 88 valence electrons. The fourth-order valence-corrected chi connectivity index (χ4v) is 2.19. The molecule has 3 rings (SSSR count). The highest BCUT2D eigenvalue weighted by Gasteiger charge is 2.28. The van der Waals surface area contributed by atoms with Crippen molar-refractivity contribution in [3.63, 3.8) is 0 Å². The van der Waals surface area contributed by atoms with Gasteiger partial charge in [-0.1, -0.05) is 0 Å². The molecule has 3 nitrogen and oxygen atoms in total. The minimum atomic E-state index is -0.306. The number of ketones is 1. The third-order valence-electron chi connectivity index (χ3n) is 3.06. The molecule has 0 saturated carbocycles. The van der Waals surface area contributed by atoms with Crippen LogP contribution >= 0.6 is 0 Å². The summed E-state index contributed by atoms with van der Waals surface area (Å²) in [5.74, 6) is 1.60. The smallest absolute Gasteiger partial charge is 0.170 e. The van der Waals surface area contributed by atoms with Crippen molar-refractivity contribution in [2.75, 3.05) is 6.61 Å². The molecule has 2 aliphatic rings. The topological polar surface area (TPSA) is 35.5 Å². The SMILES string of the molecule is CC1(C)C=Cc2c(ccc3c2OCCC3=O)O1. The van der Waals surface area contributed by atoms with Crippen LogP contribution in [0.4, 0.5) is 0 Å². The van der Waals surface area contributed by atoms with Crippen LogP contribution in [0.5, 0.6) is 11.5 Å². The van der Waals surface area contributed by atoms with E-state index in [2.05, 4.69) is 0 Å². The molecule has 3 heteroatoms. The van der Waals surface area contributed by atoms with Crippen LogP contribution in [0, 0.1) is 0 Å². The van der Waals surface area contributed by atoms with Crippen LogP contribution in [-0.4, -0.2) is 18.0 Å². The van der Waals surface area contributed by atoms with Gasteiger partial charge in [0, 0.05) is 6.42 Å². The van der Waals surface area contributed by atoms with Gasteiger partial charge >= 0.3 is 0 Å². The van der Waals surface area contributed by atoms with Gasteiger partial charge in [-0.15, -0.1) is 0 Å². The lowest BCUT2D eigenvalue weighted by Gasteiger charge is -2.30. The lowest BCUT2D eigenvalue weighted by atomic mass is 9.96. The fourth-order valence-electron chi connectivity index (χ4n) is 2.19. The zero-order valence-corrected chi connectivity index (χ0v) is 9.95. The Kier molecular flexibility index (Phi) is 2.05. The Morgan fingerprint density at radius 3 is 2.94 bits per heavy atom. The van der Waals surface area contributed by atoms with E-state index in [4.69, 9.17) is 9.47 Å². The average molecular weight is 230 g/mol. The van der Waals surface area contributed by atoms with Crippen molar-refractivity contribution in [2.24, 2.45) is 0 Å². The minimum Gasteiger partial charge on any atom is -0.492 e. The number of carbonyl (C=O) groups is 1. The molecule has 17 heavy (non-hydrogen) atoms. The molecule has 1 aromatic rings. The van der Waals surface area contributed by atoms with Crippen LogP contribution in [0.15, 0.2) is 18.2 Å². The number of ether oxygens (including phenoxy) is 2. The molecule has 0 atom stereocenters. The zero-order valence-electron chi connectivity index (χ0n) is 9.95. The molecule has 0 aromatic heterocycles. The summed E-state index contributed by atoms with van der Waals surface area (Å²) in [4.78, 5) is 11.8. The van der Waals surface area contributed by atoms with Gasteiger partial charge in [0.2, 0.25) is 0 Å². The van der Waals surface area contributed by atoms with Crippen LogP contribution in [0.25, 0.3) is 6.08 Å². The first-order chi connectivity index (χ1) is 8.07. The van der Waals surface area contributed by atoms with E-state index in [0.717, 1.165) is 11.3 Å². The van der Waals surface area contributed by atoms with E-state index in [1.54, 1.807) is 6.07 Å². The third-order valence-corrected chi connectivity index (χ3v) is 3.06. The van der Waals surface area contributed by atoms with Crippen molar-refractivity contribution in [3.05, 3.63) is 29.3 Å². The normalized spacial score (nSPS) is 20.0. The zero-order chi connectivity index (χ0) is 12.0. The second-order valence-corrected chi connectivity index (χ2v) is 4.91. The van der Waals surface area contributed by atoms with Gasteiger partial charge in [-0.05, 0) is 38.1 Å². The van der Waals surface area contributed by atoms with E-state index in [1.807, 2.05) is 32.1 Å². The van der Waals surface area contributed by atoms with E-state index in [-0.39, 0.29) is 11.4 Å². The molecule has 1 aromatic carbocycles. The molecule has 0 amide bonds. The highest BCUT2D eigenvalue weighted by atomic mass is 16.5. The quantitative estimate of drug-likeness (QED) is 0.687. The maximum Gasteiger partial charge on any atom is 0.170 e. The standard InChI is InChI=1S/C14H14O3/c1-14(2)7-5-10-12(17-14)4-3-9-11(15)6-8-16-13(9)10/h3-5,7H,6,8H2,1-2H3. The van der Waals surface area contributed by atoms with Crippen LogP contribution < -0.4 is 9.47 Å². The molecule has 0 saturated heterocycles. The summed E-state index contributed by atoms with van der Waals surface area (Å²) in [5, 5.41) is 0. The molecule has 0 N–H and O–H groups in total. The molecule has 0 bridgehead atoms. The average Bonchev–Trinajstić information content (AvgIpc) is 2.27. The summed E-state index contributed by atoms with van der Waals surface area (Å²) >= 11 is 0. The first kappa shape index (κ1) is 10.4. The number of fused-ring (bicyclic) bond motifs is 3. The number of carbonyl (C=O) groups excluding carboxylic acids is 1. The van der Waals surface area contributed by atoms with Gasteiger partial charge in [-0.3, -0.25) is 4.79 Å². The second-order valence-electron chi connectivity index (χ2n) is 4.91. The highest BCUT2D eigenvalue weighted by Crippen LogP contribution is 2.40. The molecule has 2 heterocycles. The van der Waals surface area contributed by atoms with Crippen molar-refractivity contribution in [1.82, 2.24) is 0 Å².